The van der Waals surface area contributed by atoms with Gasteiger partial charge in [0.25, 0.3) is 0 Å². The molecule has 1 aliphatic rings. The summed E-state index contributed by atoms with van der Waals surface area (Å²) < 4.78 is 76.5. The van der Waals surface area contributed by atoms with Crippen molar-refractivity contribution in [3.05, 3.63) is 99.4 Å². The maximum atomic E-state index is 14.8. The maximum Gasteiger partial charge on any atom is 0.201 e. The third-order valence-electron chi connectivity index (χ3n) is 6.79. The standard InChI is InChI=1S/C29H27F5O/c1-3-35-25-15-13-21(27(32)29(25)34)11-9-20-10-12-22(16-24(20)30)18-5-7-19(8-6-18)23-14-4-17(2)26(31)28(23)33/h4,9-16,18-19H,3,5-8H2,1-2H3/b11-9+. The summed E-state index contributed by atoms with van der Waals surface area (Å²) in [6, 6.07) is 10.9. The van der Waals surface area contributed by atoms with Crippen LogP contribution in [0.2, 0.25) is 0 Å². The molecule has 3 aromatic carbocycles. The van der Waals surface area contributed by atoms with Gasteiger partial charge in [0.2, 0.25) is 5.82 Å². The van der Waals surface area contributed by atoms with Crippen molar-refractivity contribution in [1.82, 2.24) is 0 Å². The molecule has 3 aromatic rings. The number of rotatable bonds is 6. The second-order valence-corrected chi connectivity index (χ2v) is 8.98. The highest BCUT2D eigenvalue weighted by molar-refractivity contribution is 5.70. The fraction of sp³-hybridized carbons (Fsp3) is 0.310. The lowest BCUT2D eigenvalue weighted by molar-refractivity contribution is 0.314. The van der Waals surface area contributed by atoms with Crippen molar-refractivity contribution in [2.24, 2.45) is 0 Å². The van der Waals surface area contributed by atoms with Gasteiger partial charge in [-0.3, -0.25) is 0 Å². The van der Waals surface area contributed by atoms with Crippen LogP contribution >= 0.6 is 0 Å². The van der Waals surface area contributed by atoms with Crippen LogP contribution in [0.5, 0.6) is 5.75 Å². The molecular formula is C29H27F5O. The average Bonchev–Trinajstić information content (AvgIpc) is 2.86. The Kier molecular flexibility index (Phi) is 7.58. The van der Waals surface area contributed by atoms with Crippen LogP contribution in [0.25, 0.3) is 12.2 Å². The maximum absolute atomic E-state index is 14.8. The average molecular weight is 487 g/mol. The Morgan fingerprint density at radius 1 is 0.743 bits per heavy atom. The normalized spacial score (nSPS) is 18.3. The molecule has 0 aromatic heterocycles. The fourth-order valence-electron chi connectivity index (χ4n) is 4.77. The van der Waals surface area contributed by atoms with E-state index in [-0.39, 0.29) is 35.3 Å². The van der Waals surface area contributed by atoms with E-state index in [9.17, 15) is 22.0 Å². The van der Waals surface area contributed by atoms with E-state index in [0.29, 0.717) is 24.0 Å². The van der Waals surface area contributed by atoms with Crippen molar-refractivity contribution >= 4 is 12.2 Å². The van der Waals surface area contributed by atoms with E-state index in [4.69, 9.17) is 4.74 Å². The van der Waals surface area contributed by atoms with Gasteiger partial charge in [-0.2, -0.15) is 4.39 Å². The molecule has 0 N–H and O–H groups in total. The first-order chi connectivity index (χ1) is 16.8. The number of aryl methyl sites for hydroxylation is 1. The predicted molar refractivity (Wildman–Crippen MR) is 128 cm³/mol. The summed E-state index contributed by atoms with van der Waals surface area (Å²) in [6.45, 7) is 3.43. The zero-order valence-electron chi connectivity index (χ0n) is 19.7. The molecule has 4 rings (SSSR count). The zero-order chi connectivity index (χ0) is 25.1. The molecule has 1 aliphatic carbocycles. The highest BCUT2D eigenvalue weighted by Gasteiger charge is 2.27. The van der Waals surface area contributed by atoms with Gasteiger partial charge in [-0.15, -0.1) is 0 Å². The Bertz CT molecular complexity index is 1240. The van der Waals surface area contributed by atoms with Gasteiger partial charge in [0, 0.05) is 11.1 Å². The molecule has 35 heavy (non-hydrogen) atoms. The lowest BCUT2D eigenvalue weighted by Gasteiger charge is -2.29. The van der Waals surface area contributed by atoms with Gasteiger partial charge in [-0.25, -0.2) is 17.6 Å². The second-order valence-electron chi connectivity index (χ2n) is 8.98. The minimum absolute atomic E-state index is 0.00692. The summed E-state index contributed by atoms with van der Waals surface area (Å²) in [4.78, 5) is 0. The summed E-state index contributed by atoms with van der Waals surface area (Å²) >= 11 is 0. The molecule has 1 saturated carbocycles. The molecule has 0 unspecified atom stereocenters. The van der Waals surface area contributed by atoms with Gasteiger partial charge in [0.15, 0.2) is 23.2 Å². The molecule has 0 aliphatic heterocycles. The van der Waals surface area contributed by atoms with Crippen molar-refractivity contribution in [3.8, 4) is 5.75 Å². The molecule has 6 heteroatoms. The van der Waals surface area contributed by atoms with Gasteiger partial charge < -0.3 is 4.74 Å². The minimum Gasteiger partial charge on any atom is -0.491 e. The van der Waals surface area contributed by atoms with E-state index in [2.05, 4.69) is 0 Å². The summed E-state index contributed by atoms with van der Waals surface area (Å²) in [5, 5.41) is 0. The van der Waals surface area contributed by atoms with Crippen molar-refractivity contribution in [1.29, 1.82) is 0 Å². The molecule has 184 valence electrons. The van der Waals surface area contributed by atoms with Crippen LogP contribution in [0, 0.1) is 36.0 Å². The Balaban J connectivity index is 1.44. The topological polar surface area (TPSA) is 9.23 Å². The van der Waals surface area contributed by atoms with Gasteiger partial charge in [0.05, 0.1) is 6.61 Å². The summed E-state index contributed by atoms with van der Waals surface area (Å²) in [5.41, 5.74) is 1.80. The minimum atomic E-state index is -1.08. The van der Waals surface area contributed by atoms with Crippen LogP contribution < -0.4 is 4.74 Å². The van der Waals surface area contributed by atoms with Crippen molar-refractivity contribution in [2.75, 3.05) is 6.61 Å². The van der Waals surface area contributed by atoms with Crippen molar-refractivity contribution in [2.45, 2.75) is 51.4 Å². The first-order valence-corrected chi connectivity index (χ1v) is 11.8. The third kappa shape index (κ3) is 5.26. The lowest BCUT2D eigenvalue weighted by Crippen LogP contribution is -2.14. The number of ether oxygens (including phenoxy) is 1. The number of halogens is 5. The molecule has 0 spiro atoms. The van der Waals surface area contributed by atoms with E-state index in [1.54, 1.807) is 32.0 Å². The molecule has 0 saturated heterocycles. The van der Waals surface area contributed by atoms with Gasteiger partial charge >= 0.3 is 0 Å². The van der Waals surface area contributed by atoms with E-state index in [1.807, 2.05) is 6.07 Å². The number of hydrogen-bond acceptors (Lipinski definition) is 1. The molecule has 0 atom stereocenters. The van der Waals surface area contributed by atoms with E-state index in [0.717, 1.165) is 18.4 Å². The van der Waals surface area contributed by atoms with Crippen LogP contribution in [0.3, 0.4) is 0 Å². The quantitative estimate of drug-likeness (QED) is 0.250. The molecule has 0 bridgehead atoms. The van der Waals surface area contributed by atoms with E-state index < -0.39 is 29.1 Å². The molecule has 0 heterocycles. The fourth-order valence-corrected chi connectivity index (χ4v) is 4.77. The number of hydrogen-bond donors (Lipinski definition) is 0. The highest BCUT2D eigenvalue weighted by Crippen LogP contribution is 2.42. The Morgan fingerprint density at radius 2 is 1.40 bits per heavy atom. The number of benzene rings is 3. The van der Waals surface area contributed by atoms with Crippen molar-refractivity contribution < 1.29 is 26.7 Å². The third-order valence-corrected chi connectivity index (χ3v) is 6.79. The zero-order valence-corrected chi connectivity index (χ0v) is 19.7. The smallest absolute Gasteiger partial charge is 0.201 e. The van der Waals surface area contributed by atoms with Gasteiger partial charge in [-0.1, -0.05) is 36.4 Å². The Hall–Kier alpha value is -3.15. The molecular weight excluding hydrogens is 459 g/mol. The lowest BCUT2D eigenvalue weighted by atomic mass is 9.76. The van der Waals surface area contributed by atoms with Crippen LogP contribution in [-0.2, 0) is 0 Å². The SMILES string of the molecule is CCOc1ccc(/C=C/c2ccc(C3CCC(c4ccc(C)c(F)c4F)CC3)cc2F)c(F)c1F. The second kappa shape index (κ2) is 10.6. The molecule has 0 radical (unpaired) electrons. The van der Waals surface area contributed by atoms with Crippen LogP contribution in [0.1, 0.15) is 72.3 Å². The van der Waals surface area contributed by atoms with E-state index in [1.165, 1.54) is 30.4 Å². The van der Waals surface area contributed by atoms with Crippen LogP contribution in [0.4, 0.5) is 22.0 Å². The monoisotopic (exact) mass is 486 g/mol. The first-order valence-electron chi connectivity index (χ1n) is 11.8. The molecule has 1 nitrogen and oxygen atoms in total. The highest BCUT2D eigenvalue weighted by atomic mass is 19.2. The van der Waals surface area contributed by atoms with Crippen molar-refractivity contribution in [3.63, 3.8) is 0 Å². The van der Waals surface area contributed by atoms with E-state index >= 15 is 0 Å². The molecule has 1 fully saturated rings. The summed E-state index contributed by atoms with van der Waals surface area (Å²) in [6.07, 6.45) is 5.59. The van der Waals surface area contributed by atoms with Crippen LogP contribution in [-0.4, -0.2) is 6.61 Å². The molecule has 0 amide bonds. The van der Waals surface area contributed by atoms with Crippen LogP contribution in [0.15, 0.2) is 42.5 Å². The predicted octanol–water partition coefficient (Wildman–Crippen LogP) is 8.70. The Morgan fingerprint density at radius 3 is 2.09 bits per heavy atom. The largest absolute Gasteiger partial charge is 0.491 e. The van der Waals surface area contributed by atoms with Gasteiger partial charge in [-0.05, 0) is 86.3 Å². The summed E-state index contributed by atoms with van der Waals surface area (Å²) in [5.74, 6) is -4.24. The first kappa shape index (κ1) is 25.0. The van der Waals surface area contributed by atoms with Gasteiger partial charge in [0.1, 0.15) is 5.82 Å². The summed E-state index contributed by atoms with van der Waals surface area (Å²) in [7, 11) is 0. The Labute approximate surface area is 202 Å².